The third-order valence-electron chi connectivity index (χ3n) is 4.13. The van der Waals surface area contributed by atoms with Gasteiger partial charge in [-0.15, -0.1) is 0 Å². The molecule has 0 aliphatic carbocycles. The van der Waals surface area contributed by atoms with Crippen molar-refractivity contribution in [2.75, 3.05) is 0 Å². The second-order valence-electron chi connectivity index (χ2n) is 6.17. The lowest BCUT2D eigenvalue weighted by atomic mass is 10.1. The number of H-pyrrole nitrogens is 1. The second-order valence-corrected chi connectivity index (χ2v) is 6.92. The number of benzene rings is 1. The Bertz CT molecular complexity index is 1000. The maximum Gasteiger partial charge on any atom is 0.216 e. The fraction of sp³-hybridized carbons (Fsp3) is 0.333. The monoisotopic (exact) mass is 406 g/mol. The van der Waals surface area contributed by atoms with Crippen LogP contribution in [0.15, 0.2) is 29.4 Å². The first-order chi connectivity index (χ1) is 13.0. The highest BCUT2D eigenvalue weighted by molar-refractivity contribution is 7.71. The molecule has 27 heavy (non-hydrogen) atoms. The Hall–Kier alpha value is -2.32. The lowest BCUT2D eigenvalue weighted by Gasteiger charge is -2.02. The molecule has 0 radical (unpaired) electrons. The molecule has 3 aromatic rings. The van der Waals surface area contributed by atoms with E-state index in [0.717, 1.165) is 36.2 Å². The van der Waals surface area contributed by atoms with E-state index in [1.807, 2.05) is 6.92 Å². The summed E-state index contributed by atoms with van der Waals surface area (Å²) in [5.41, 5.74) is 2.46. The molecule has 9 heteroatoms. The van der Waals surface area contributed by atoms with Gasteiger partial charge in [0.05, 0.1) is 17.5 Å². The number of aryl methyl sites for hydroxylation is 2. The quantitative estimate of drug-likeness (QED) is 0.463. The zero-order chi connectivity index (χ0) is 19.4. The molecule has 0 aliphatic heterocycles. The summed E-state index contributed by atoms with van der Waals surface area (Å²) in [6, 6.07) is 6.25. The van der Waals surface area contributed by atoms with Crippen LogP contribution in [0.2, 0.25) is 5.15 Å². The summed E-state index contributed by atoms with van der Waals surface area (Å²) in [6.45, 7) is 4.78. The molecular weight excluding hydrogens is 387 g/mol. The van der Waals surface area contributed by atoms with Gasteiger partial charge in [-0.1, -0.05) is 37.1 Å². The summed E-state index contributed by atoms with van der Waals surface area (Å²) in [5.74, 6) is 0.343. The first-order valence-corrected chi connectivity index (χ1v) is 9.46. The van der Waals surface area contributed by atoms with E-state index in [2.05, 4.69) is 27.3 Å². The standard InChI is InChI=1S/C18H20ClFN6S/c1-3-4-9-25-17(19)15(12(2)24-25)11-21-26-16(22-23-18(26)27)10-13-5-7-14(20)8-6-13/h5-8,11H,3-4,9-10H2,1-2H3,(H,23,27)/b21-11-. The lowest BCUT2D eigenvalue weighted by molar-refractivity contribution is 0.569. The molecule has 0 saturated carbocycles. The number of hydrogen-bond acceptors (Lipinski definition) is 4. The molecule has 0 aliphatic rings. The van der Waals surface area contributed by atoms with Crippen LogP contribution >= 0.6 is 23.8 Å². The topological polar surface area (TPSA) is 63.8 Å². The van der Waals surface area contributed by atoms with Crippen LogP contribution in [0, 0.1) is 17.5 Å². The minimum Gasteiger partial charge on any atom is -0.253 e. The Labute approximate surface area is 166 Å². The largest absolute Gasteiger partial charge is 0.253 e. The van der Waals surface area contributed by atoms with E-state index in [4.69, 9.17) is 23.8 Å². The van der Waals surface area contributed by atoms with Crippen molar-refractivity contribution in [3.63, 3.8) is 0 Å². The van der Waals surface area contributed by atoms with E-state index < -0.39 is 0 Å². The Kier molecular flexibility index (Phi) is 6.18. The normalized spacial score (nSPS) is 11.6. The van der Waals surface area contributed by atoms with Crippen LogP contribution in [0.1, 0.15) is 42.4 Å². The molecule has 0 fully saturated rings. The predicted molar refractivity (Wildman–Crippen MR) is 106 cm³/mol. The number of rotatable bonds is 7. The van der Waals surface area contributed by atoms with Gasteiger partial charge in [0.25, 0.3) is 0 Å². The van der Waals surface area contributed by atoms with E-state index >= 15 is 0 Å². The zero-order valence-corrected chi connectivity index (χ0v) is 16.7. The third-order valence-corrected chi connectivity index (χ3v) is 4.79. The summed E-state index contributed by atoms with van der Waals surface area (Å²) in [6.07, 6.45) is 4.18. The maximum absolute atomic E-state index is 13.1. The Morgan fingerprint density at radius 2 is 2.07 bits per heavy atom. The molecule has 1 aromatic carbocycles. The highest BCUT2D eigenvalue weighted by Gasteiger charge is 2.12. The van der Waals surface area contributed by atoms with Crippen molar-refractivity contribution in [3.05, 3.63) is 62.7 Å². The number of aromatic amines is 1. The summed E-state index contributed by atoms with van der Waals surface area (Å²) in [7, 11) is 0. The third kappa shape index (κ3) is 4.51. The number of unbranched alkanes of at least 4 members (excludes halogenated alkanes) is 1. The molecule has 3 rings (SSSR count). The van der Waals surface area contributed by atoms with Crippen LogP contribution in [0.25, 0.3) is 0 Å². The van der Waals surface area contributed by atoms with Crippen LogP contribution in [-0.4, -0.2) is 30.9 Å². The van der Waals surface area contributed by atoms with Gasteiger partial charge in [-0.25, -0.2) is 4.39 Å². The van der Waals surface area contributed by atoms with Gasteiger partial charge in [0.2, 0.25) is 4.77 Å². The summed E-state index contributed by atoms with van der Waals surface area (Å²) in [5, 5.41) is 16.4. The zero-order valence-electron chi connectivity index (χ0n) is 15.1. The molecule has 0 unspecified atom stereocenters. The van der Waals surface area contributed by atoms with Crippen LogP contribution in [0.3, 0.4) is 0 Å². The van der Waals surface area contributed by atoms with Crippen LogP contribution in [0.4, 0.5) is 4.39 Å². The first kappa shape index (κ1) is 19.4. The van der Waals surface area contributed by atoms with Crippen molar-refractivity contribution in [2.24, 2.45) is 5.10 Å². The van der Waals surface area contributed by atoms with Crippen molar-refractivity contribution in [1.82, 2.24) is 24.7 Å². The maximum atomic E-state index is 13.1. The Morgan fingerprint density at radius 3 is 2.78 bits per heavy atom. The number of hydrogen-bond donors (Lipinski definition) is 1. The molecule has 2 aromatic heterocycles. The summed E-state index contributed by atoms with van der Waals surface area (Å²) in [4.78, 5) is 0. The van der Waals surface area contributed by atoms with E-state index in [1.165, 1.54) is 16.8 Å². The van der Waals surface area contributed by atoms with E-state index in [0.29, 0.717) is 22.2 Å². The fourth-order valence-electron chi connectivity index (χ4n) is 2.63. The molecule has 142 valence electrons. The fourth-order valence-corrected chi connectivity index (χ4v) is 3.13. The molecule has 0 saturated heterocycles. The number of aromatic nitrogens is 5. The van der Waals surface area contributed by atoms with Crippen molar-refractivity contribution in [3.8, 4) is 0 Å². The van der Waals surface area contributed by atoms with Gasteiger partial charge >= 0.3 is 0 Å². The Balaban J connectivity index is 1.86. The van der Waals surface area contributed by atoms with Crippen molar-refractivity contribution >= 4 is 30.0 Å². The molecule has 6 nitrogen and oxygen atoms in total. The average molecular weight is 407 g/mol. The summed E-state index contributed by atoms with van der Waals surface area (Å²) >= 11 is 11.7. The number of halogens is 2. The Morgan fingerprint density at radius 1 is 1.33 bits per heavy atom. The van der Waals surface area contributed by atoms with E-state index in [1.54, 1.807) is 23.0 Å². The smallest absolute Gasteiger partial charge is 0.216 e. The summed E-state index contributed by atoms with van der Waals surface area (Å²) < 4.78 is 16.8. The van der Waals surface area contributed by atoms with Crippen LogP contribution < -0.4 is 0 Å². The number of nitrogens with zero attached hydrogens (tertiary/aromatic N) is 5. The van der Waals surface area contributed by atoms with Gasteiger partial charge in [-0.3, -0.25) is 9.78 Å². The van der Waals surface area contributed by atoms with Crippen LogP contribution in [-0.2, 0) is 13.0 Å². The average Bonchev–Trinajstić information content (AvgIpc) is 3.13. The van der Waals surface area contributed by atoms with Crippen molar-refractivity contribution in [1.29, 1.82) is 0 Å². The molecule has 0 amide bonds. The van der Waals surface area contributed by atoms with E-state index in [9.17, 15) is 4.39 Å². The molecule has 1 N–H and O–H groups in total. The second kappa shape index (κ2) is 8.58. The van der Waals surface area contributed by atoms with E-state index in [-0.39, 0.29) is 5.82 Å². The number of nitrogens with one attached hydrogen (secondary N) is 1. The van der Waals surface area contributed by atoms with Gasteiger partial charge in [0.1, 0.15) is 11.0 Å². The molecule has 0 atom stereocenters. The highest BCUT2D eigenvalue weighted by atomic mass is 35.5. The molecular formula is C18H20ClFN6S. The van der Waals surface area contributed by atoms with Gasteiger partial charge in [-0.05, 0) is 43.3 Å². The van der Waals surface area contributed by atoms with Gasteiger partial charge < -0.3 is 0 Å². The minimum atomic E-state index is -0.277. The van der Waals surface area contributed by atoms with Crippen molar-refractivity contribution in [2.45, 2.75) is 39.7 Å². The van der Waals surface area contributed by atoms with Crippen molar-refractivity contribution < 1.29 is 4.39 Å². The predicted octanol–water partition coefficient (Wildman–Crippen LogP) is 4.51. The van der Waals surface area contributed by atoms with Gasteiger partial charge in [-0.2, -0.15) is 20.0 Å². The lowest BCUT2D eigenvalue weighted by Crippen LogP contribution is -2.01. The highest BCUT2D eigenvalue weighted by Crippen LogP contribution is 2.19. The van der Waals surface area contributed by atoms with Gasteiger partial charge in [0, 0.05) is 13.0 Å². The van der Waals surface area contributed by atoms with Gasteiger partial charge in [0.15, 0.2) is 5.82 Å². The first-order valence-electron chi connectivity index (χ1n) is 8.67. The molecule has 2 heterocycles. The van der Waals surface area contributed by atoms with Crippen LogP contribution in [0.5, 0.6) is 0 Å². The molecule has 0 bridgehead atoms. The minimum absolute atomic E-state index is 0.277. The molecule has 0 spiro atoms. The SMILES string of the molecule is CCCCn1nc(C)c(/C=N\n2c(Cc3ccc(F)cc3)n[nH]c2=S)c1Cl.